The maximum Gasteiger partial charge on any atom is 0.417 e. The molecule has 1 amide bonds. The van der Waals surface area contributed by atoms with E-state index in [0.717, 1.165) is 25.3 Å². The normalized spacial score (nSPS) is 15.2. The molecule has 0 spiro atoms. The van der Waals surface area contributed by atoms with Gasteiger partial charge in [0.15, 0.2) is 5.65 Å². The lowest BCUT2D eigenvalue weighted by atomic mass is 10.0. The van der Waals surface area contributed by atoms with Crippen LogP contribution in [0.2, 0.25) is 0 Å². The van der Waals surface area contributed by atoms with Gasteiger partial charge in [-0.25, -0.2) is 4.98 Å². The number of rotatable bonds is 2. The number of aryl methyl sites for hydroxylation is 1. The summed E-state index contributed by atoms with van der Waals surface area (Å²) in [4.78, 5) is 19.3. The average molecular weight is 388 g/mol. The second-order valence-electron chi connectivity index (χ2n) is 6.96. The van der Waals surface area contributed by atoms with E-state index in [2.05, 4.69) is 10.1 Å². The molecule has 0 bridgehead atoms. The molecule has 5 nitrogen and oxygen atoms in total. The zero-order valence-electron chi connectivity index (χ0n) is 15.3. The van der Waals surface area contributed by atoms with Crippen LogP contribution in [0, 0.1) is 0 Å². The van der Waals surface area contributed by atoms with Crippen LogP contribution in [0.15, 0.2) is 36.5 Å². The lowest BCUT2D eigenvalue weighted by Gasteiger charge is -2.27. The van der Waals surface area contributed by atoms with Gasteiger partial charge in [-0.05, 0) is 31.4 Å². The molecule has 8 heteroatoms. The van der Waals surface area contributed by atoms with Gasteiger partial charge in [0.25, 0.3) is 5.91 Å². The zero-order chi connectivity index (χ0) is 19.9. The molecule has 1 aliphatic rings. The van der Waals surface area contributed by atoms with E-state index in [1.807, 2.05) is 0 Å². The van der Waals surface area contributed by atoms with Gasteiger partial charge < -0.3 is 4.90 Å². The molecule has 146 valence electrons. The van der Waals surface area contributed by atoms with Crippen LogP contribution in [-0.4, -0.2) is 38.7 Å². The highest BCUT2D eigenvalue weighted by Gasteiger charge is 2.34. The minimum absolute atomic E-state index is 0.0502. The predicted molar refractivity (Wildman–Crippen MR) is 98.7 cm³/mol. The summed E-state index contributed by atoms with van der Waals surface area (Å²) in [5.41, 5.74) is 0.0115. The van der Waals surface area contributed by atoms with E-state index in [1.54, 1.807) is 18.1 Å². The van der Waals surface area contributed by atoms with Crippen LogP contribution in [0.5, 0.6) is 0 Å². The van der Waals surface area contributed by atoms with Gasteiger partial charge >= 0.3 is 6.18 Å². The Hall–Kier alpha value is -2.90. The number of alkyl halides is 3. The van der Waals surface area contributed by atoms with E-state index in [4.69, 9.17) is 0 Å². The van der Waals surface area contributed by atoms with Gasteiger partial charge in [0.2, 0.25) is 0 Å². The number of amides is 1. The van der Waals surface area contributed by atoms with Crippen molar-refractivity contribution in [1.29, 1.82) is 0 Å². The lowest BCUT2D eigenvalue weighted by molar-refractivity contribution is -0.137. The van der Waals surface area contributed by atoms with Gasteiger partial charge in [0.1, 0.15) is 0 Å². The summed E-state index contributed by atoms with van der Waals surface area (Å²) in [6, 6.07) is 6.74. The molecule has 4 rings (SSSR count). The highest BCUT2D eigenvalue weighted by Crippen LogP contribution is 2.37. The van der Waals surface area contributed by atoms with E-state index in [9.17, 15) is 18.0 Å². The largest absolute Gasteiger partial charge is 0.417 e. The van der Waals surface area contributed by atoms with Gasteiger partial charge in [-0.15, -0.1) is 0 Å². The Kier molecular flexibility index (Phi) is 4.56. The van der Waals surface area contributed by atoms with E-state index in [-0.39, 0.29) is 17.2 Å². The zero-order valence-corrected chi connectivity index (χ0v) is 15.3. The number of carbonyl (C=O) groups excluding carboxylic acids is 1. The van der Waals surface area contributed by atoms with Crippen LogP contribution in [0.25, 0.3) is 22.3 Å². The summed E-state index contributed by atoms with van der Waals surface area (Å²) in [6.07, 6.45) is -0.0458. The summed E-state index contributed by atoms with van der Waals surface area (Å²) >= 11 is 0. The monoisotopic (exact) mass is 388 g/mol. The maximum atomic E-state index is 13.5. The molecule has 2 aromatic heterocycles. The van der Waals surface area contributed by atoms with Crippen LogP contribution in [0.4, 0.5) is 13.2 Å². The van der Waals surface area contributed by atoms with Crippen molar-refractivity contribution in [2.45, 2.75) is 25.4 Å². The summed E-state index contributed by atoms with van der Waals surface area (Å²) in [5, 5.41) is 4.70. The topological polar surface area (TPSA) is 51.0 Å². The average Bonchev–Trinajstić information content (AvgIpc) is 3.08. The third-order valence-electron chi connectivity index (χ3n) is 5.09. The van der Waals surface area contributed by atoms with Gasteiger partial charge in [-0.2, -0.15) is 18.3 Å². The van der Waals surface area contributed by atoms with Crippen LogP contribution in [0.1, 0.15) is 35.2 Å². The molecule has 0 saturated carbocycles. The number of fused-ring (bicyclic) bond motifs is 1. The number of hydrogen-bond donors (Lipinski definition) is 0. The Bertz CT molecular complexity index is 1040. The first-order valence-electron chi connectivity index (χ1n) is 9.15. The Morgan fingerprint density at radius 2 is 1.82 bits per heavy atom. The Balaban J connectivity index is 1.90. The number of hydrogen-bond acceptors (Lipinski definition) is 3. The van der Waals surface area contributed by atoms with Crippen molar-refractivity contribution in [2.75, 3.05) is 13.1 Å². The van der Waals surface area contributed by atoms with Crippen molar-refractivity contribution in [3.05, 3.63) is 47.7 Å². The number of likely N-dealkylation sites (tertiary alicyclic amines) is 1. The van der Waals surface area contributed by atoms with E-state index >= 15 is 0 Å². The molecule has 0 N–H and O–H groups in total. The van der Waals surface area contributed by atoms with E-state index in [1.165, 1.54) is 28.9 Å². The smallest absolute Gasteiger partial charge is 0.339 e. The van der Waals surface area contributed by atoms with Crippen molar-refractivity contribution < 1.29 is 18.0 Å². The molecule has 0 aliphatic carbocycles. The molecule has 28 heavy (non-hydrogen) atoms. The SMILES string of the molecule is Cn1ncc2c(C(=O)N3CCCCC3)cc(-c3ccccc3C(F)(F)F)nc21. The first kappa shape index (κ1) is 18.5. The van der Waals surface area contributed by atoms with E-state index in [0.29, 0.717) is 29.7 Å². The highest BCUT2D eigenvalue weighted by atomic mass is 19.4. The third kappa shape index (κ3) is 3.23. The molecular formula is C20H19F3N4O. The van der Waals surface area contributed by atoms with Crippen LogP contribution < -0.4 is 0 Å². The minimum atomic E-state index is -4.52. The molecule has 1 aliphatic heterocycles. The highest BCUT2D eigenvalue weighted by molar-refractivity contribution is 6.06. The Morgan fingerprint density at radius 1 is 1.11 bits per heavy atom. The predicted octanol–water partition coefficient (Wildman–Crippen LogP) is 4.28. The fraction of sp³-hybridized carbons (Fsp3) is 0.350. The number of aromatic nitrogens is 3. The van der Waals surface area contributed by atoms with Gasteiger partial charge in [-0.1, -0.05) is 18.2 Å². The summed E-state index contributed by atoms with van der Waals surface area (Å²) in [7, 11) is 1.66. The summed E-state index contributed by atoms with van der Waals surface area (Å²) in [5.74, 6) is -0.189. The first-order chi connectivity index (χ1) is 13.4. The summed E-state index contributed by atoms with van der Waals surface area (Å²) < 4.78 is 42.0. The van der Waals surface area contributed by atoms with Gasteiger partial charge in [-0.3, -0.25) is 9.48 Å². The molecule has 0 unspecified atom stereocenters. The van der Waals surface area contributed by atoms with Crippen LogP contribution in [0.3, 0.4) is 0 Å². The molecule has 0 radical (unpaired) electrons. The third-order valence-corrected chi connectivity index (χ3v) is 5.09. The molecular weight excluding hydrogens is 369 g/mol. The Morgan fingerprint density at radius 3 is 2.54 bits per heavy atom. The van der Waals surface area contributed by atoms with E-state index < -0.39 is 11.7 Å². The number of pyridine rings is 1. The van der Waals surface area contributed by atoms with Crippen molar-refractivity contribution in [3.8, 4) is 11.3 Å². The first-order valence-corrected chi connectivity index (χ1v) is 9.15. The fourth-order valence-corrected chi connectivity index (χ4v) is 3.65. The quantitative estimate of drug-likeness (QED) is 0.658. The van der Waals surface area contributed by atoms with Crippen LogP contribution >= 0.6 is 0 Å². The maximum absolute atomic E-state index is 13.5. The van der Waals surface area contributed by atoms with Gasteiger partial charge in [0, 0.05) is 25.7 Å². The molecule has 3 aromatic rings. The van der Waals surface area contributed by atoms with Crippen LogP contribution in [-0.2, 0) is 13.2 Å². The molecule has 1 aromatic carbocycles. The number of benzene rings is 1. The molecule has 3 heterocycles. The lowest BCUT2D eigenvalue weighted by Crippen LogP contribution is -2.35. The van der Waals surface area contributed by atoms with Crippen molar-refractivity contribution in [2.24, 2.45) is 7.05 Å². The standard InChI is InChI=1S/C20H19F3N4O/c1-26-18-15(12-24-26)14(19(28)27-9-5-2-6-10-27)11-17(25-18)13-7-3-4-8-16(13)20(21,22)23/h3-4,7-8,11-12H,2,5-6,9-10H2,1H3. The minimum Gasteiger partial charge on any atom is -0.339 e. The molecule has 1 fully saturated rings. The molecule has 1 saturated heterocycles. The second-order valence-corrected chi connectivity index (χ2v) is 6.96. The number of halogens is 3. The number of carbonyl (C=O) groups is 1. The van der Waals surface area contributed by atoms with Crippen molar-refractivity contribution in [3.63, 3.8) is 0 Å². The van der Waals surface area contributed by atoms with Gasteiger partial charge in [0.05, 0.1) is 28.4 Å². The fourth-order valence-electron chi connectivity index (χ4n) is 3.65. The second kappa shape index (κ2) is 6.92. The molecule has 0 atom stereocenters. The summed E-state index contributed by atoms with van der Waals surface area (Å²) in [6.45, 7) is 1.30. The van der Waals surface area contributed by atoms with Crippen molar-refractivity contribution in [1.82, 2.24) is 19.7 Å². The Labute approximate surface area is 159 Å². The van der Waals surface area contributed by atoms with Crippen molar-refractivity contribution >= 4 is 16.9 Å². The number of piperidine rings is 1. The number of nitrogens with zero attached hydrogens (tertiary/aromatic N) is 4.